The Labute approximate surface area is 143 Å². The number of aliphatic hydroxyl groups is 1. The first-order valence-corrected chi connectivity index (χ1v) is 9.54. The second kappa shape index (κ2) is 7.44. The van der Waals surface area contributed by atoms with Gasteiger partial charge in [-0.15, -0.1) is 0 Å². The number of aliphatic hydroxyl groups excluding tert-OH is 1. The van der Waals surface area contributed by atoms with Gasteiger partial charge in [-0.25, -0.2) is 13.1 Å². The van der Waals surface area contributed by atoms with Gasteiger partial charge in [-0.1, -0.05) is 48.5 Å². The lowest BCUT2D eigenvalue weighted by Crippen LogP contribution is -2.39. The van der Waals surface area contributed by atoms with Gasteiger partial charge in [0.15, 0.2) is 0 Å². The van der Waals surface area contributed by atoms with E-state index in [0.717, 1.165) is 5.56 Å². The Morgan fingerprint density at radius 1 is 1.04 bits per heavy atom. The Bertz CT molecular complexity index is 750. The predicted molar refractivity (Wildman–Crippen MR) is 92.9 cm³/mol. The lowest BCUT2D eigenvalue weighted by Gasteiger charge is -2.24. The summed E-state index contributed by atoms with van der Waals surface area (Å²) in [5.74, 6) is 0. The van der Waals surface area contributed by atoms with Gasteiger partial charge in [0.05, 0.1) is 11.0 Å². The van der Waals surface area contributed by atoms with E-state index in [0.29, 0.717) is 26.1 Å². The van der Waals surface area contributed by atoms with Crippen LogP contribution in [0.3, 0.4) is 0 Å². The third-order valence-electron chi connectivity index (χ3n) is 4.30. The molecule has 2 aromatic carbocycles. The van der Waals surface area contributed by atoms with Gasteiger partial charge in [-0.05, 0) is 24.1 Å². The maximum absolute atomic E-state index is 12.3. The molecule has 2 unspecified atom stereocenters. The van der Waals surface area contributed by atoms with E-state index in [1.54, 1.807) is 30.3 Å². The fraction of sp³-hybridized carbons (Fsp3) is 0.333. The highest BCUT2D eigenvalue weighted by Crippen LogP contribution is 2.20. The van der Waals surface area contributed by atoms with Crippen LogP contribution in [0.15, 0.2) is 65.6 Å². The molecule has 2 aromatic rings. The minimum Gasteiger partial charge on any atom is -0.392 e. The largest absolute Gasteiger partial charge is 0.392 e. The van der Waals surface area contributed by atoms with Crippen LogP contribution in [0, 0.1) is 0 Å². The standard InChI is InChI=1S/C18H22N2O3S/c21-17-11-16(20(14-17)13-15-7-3-1-4-8-15)12-19-24(22,23)18-9-5-2-6-10-18/h1-10,16-17,19,21H,11-14H2. The molecule has 0 spiro atoms. The third kappa shape index (κ3) is 4.21. The Morgan fingerprint density at radius 3 is 2.33 bits per heavy atom. The molecular weight excluding hydrogens is 324 g/mol. The maximum Gasteiger partial charge on any atom is 0.240 e. The topological polar surface area (TPSA) is 69.6 Å². The fourth-order valence-electron chi connectivity index (χ4n) is 3.07. The van der Waals surface area contributed by atoms with Crippen molar-refractivity contribution < 1.29 is 13.5 Å². The van der Waals surface area contributed by atoms with Gasteiger partial charge >= 0.3 is 0 Å². The smallest absolute Gasteiger partial charge is 0.240 e. The van der Waals surface area contributed by atoms with Crippen molar-refractivity contribution in [3.63, 3.8) is 0 Å². The number of nitrogens with zero attached hydrogens (tertiary/aromatic N) is 1. The van der Waals surface area contributed by atoms with Gasteiger partial charge in [0.1, 0.15) is 0 Å². The first-order valence-electron chi connectivity index (χ1n) is 8.05. The molecule has 0 bridgehead atoms. The summed E-state index contributed by atoms with van der Waals surface area (Å²) in [4.78, 5) is 2.39. The molecule has 1 aliphatic rings. The van der Waals surface area contributed by atoms with E-state index < -0.39 is 16.1 Å². The van der Waals surface area contributed by atoms with Crippen LogP contribution >= 0.6 is 0 Å². The van der Waals surface area contributed by atoms with E-state index in [4.69, 9.17) is 0 Å². The van der Waals surface area contributed by atoms with Gasteiger partial charge < -0.3 is 5.11 Å². The predicted octanol–water partition coefficient (Wildman–Crippen LogP) is 1.60. The van der Waals surface area contributed by atoms with Crippen LogP contribution in [0.1, 0.15) is 12.0 Å². The van der Waals surface area contributed by atoms with Crippen LogP contribution in [0.25, 0.3) is 0 Å². The van der Waals surface area contributed by atoms with E-state index in [-0.39, 0.29) is 10.9 Å². The molecule has 0 aromatic heterocycles. The average molecular weight is 346 g/mol. The summed E-state index contributed by atoms with van der Waals surface area (Å²) in [5, 5.41) is 9.98. The molecule has 0 radical (unpaired) electrons. The third-order valence-corrected chi connectivity index (χ3v) is 5.74. The minimum atomic E-state index is -3.52. The highest BCUT2D eigenvalue weighted by Gasteiger charge is 2.31. The van der Waals surface area contributed by atoms with Crippen molar-refractivity contribution >= 4 is 10.0 Å². The number of benzene rings is 2. The molecule has 128 valence electrons. The van der Waals surface area contributed by atoms with E-state index in [2.05, 4.69) is 9.62 Å². The maximum atomic E-state index is 12.3. The summed E-state index contributed by atoms with van der Waals surface area (Å²) in [6.45, 7) is 1.56. The first-order chi connectivity index (χ1) is 11.5. The SMILES string of the molecule is O=S(=O)(NCC1CC(O)CN1Cc1ccccc1)c1ccccc1. The molecule has 3 rings (SSSR count). The summed E-state index contributed by atoms with van der Waals surface area (Å²) in [5.41, 5.74) is 1.16. The Morgan fingerprint density at radius 2 is 1.67 bits per heavy atom. The molecule has 1 fully saturated rings. The summed E-state index contributed by atoms with van der Waals surface area (Å²) in [6, 6.07) is 18.3. The molecular formula is C18H22N2O3S. The minimum absolute atomic E-state index is 0.0151. The van der Waals surface area contributed by atoms with Gasteiger partial charge in [-0.3, -0.25) is 4.90 Å². The zero-order valence-corrected chi connectivity index (χ0v) is 14.2. The lowest BCUT2D eigenvalue weighted by atomic mass is 10.2. The Balaban J connectivity index is 1.65. The van der Waals surface area contributed by atoms with E-state index in [9.17, 15) is 13.5 Å². The summed E-state index contributed by atoms with van der Waals surface area (Å²) in [6.07, 6.45) is 0.157. The second-order valence-electron chi connectivity index (χ2n) is 6.12. The van der Waals surface area contributed by atoms with Gasteiger partial charge in [0.2, 0.25) is 10.0 Å². The van der Waals surface area contributed by atoms with Crippen LogP contribution in [0.5, 0.6) is 0 Å². The van der Waals surface area contributed by atoms with Crippen molar-refractivity contribution in [3.05, 3.63) is 66.2 Å². The van der Waals surface area contributed by atoms with Crippen molar-refractivity contribution in [2.24, 2.45) is 0 Å². The molecule has 0 aliphatic carbocycles. The number of hydrogen-bond donors (Lipinski definition) is 2. The zero-order valence-electron chi connectivity index (χ0n) is 13.4. The normalized spacial score (nSPS) is 21.9. The van der Waals surface area contributed by atoms with Crippen LogP contribution in [-0.2, 0) is 16.6 Å². The van der Waals surface area contributed by atoms with Gasteiger partial charge in [0, 0.05) is 25.7 Å². The van der Waals surface area contributed by atoms with Gasteiger partial charge in [-0.2, -0.15) is 0 Å². The number of hydrogen-bond acceptors (Lipinski definition) is 4. The van der Waals surface area contributed by atoms with E-state index >= 15 is 0 Å². The molecule has 0 saturated carbocycles. The van der Waals surface area contributed by atoms with Crippen molar-refractivity contribution in [1.82, 2.24) is 9.62 Å². The summed E-state index contributed by atoms with van der Waals surface area (Å²) < 4.78 is 27.4. The highest BCUT2D eigenvalue weighted by atomic mass is 32.2. The lowest BCUT2D eigenvalue weighted by molar-refractivity contribution is 0.172. The molecule has 1 heterocycles. The molecule has 2 atom stereocenters. The van der Waals surface area contributed by atoms with Crippen LogP contribution in [0.2, 0.25) is 0 Å². The van der Waals surface area contributed by atoms with Crippen molar-refractivity contribution in [3.8, 4) is 0 Å². The van der Waals surface area contributed by atoms with Crippen molar-refractivity contribution in [1.29, 1.82) is 0 Å². The molecule has 1 aliphatic heterocycles. The Kier molecular flexibility index (Phi) is 5.30. The van der Waals surface area contributed by atoms with Crippen LogP contribution in [0.4, 0.5) is 0 Å². The average Bonchev–Trinajstić information content (AvgIpc) is 2.94. The fourth-order valence-corrected chi connectivity index (χ4v) is 4.16. The molecule has 6 heteroatoms. The molecule has 1 saturated heterocycles. The number of sulfonamides is 1. The van der Waals surface area contributed by atoms with Crippen LogP contribution < -0.4 is 4.72 Å². The van der Waals surface area contributed by atoms with Crippen molar-refractivity contribution in [2.45, 2.75) is 30.0 Å². The number of rotatable bonds is 6. The number of nitrogens with one attached hydrogen (secondary N) is 1. The molecule has 24 heavy (non-hydrogen) atoms. The number of likely N-dealkylation sites (tertiary alicyclic amines) is 1. The molecule has 0 amide bonds. The zero-order chi connectivity index (χ0) is 17.0. The van der Waals surface area contributed by atoms with E-state index in [1.807, 2.05) is 30.3 Å². The monoisotopic (exact) mass is 346 g/mol. The van der Waals surface area contributed by atoms with Crippen LogP contribution in [-0.4, -0.2) is 43.7 Å². The van der Waals surface area contributed by atoms with Gasteiger partial charge in [0.25, 0.3) is 0 Å². The Hall–Kier alpha value is -1.73. The summed E-state index contributed by atoms with van der Waals surface area (Å²) in [7, 11) is -3.52. The van der Waals surface area contributed by atoms with Crippen molar-refractivity contribution in [2.75, 3.05) is 13.1 Å². The second-order valence-corrected chi connectivity index (χ2v) is 7.89. The molecule has 2 N–H and O–H groups in total. The quantitative estimate of drug-likeness (QED) is 0.834. The number of β-amino-alcohol motifs (C(OH)–C–C–N with tert-alkyl or cyclic N) is 1. The molecule has 5 nitrogen and oxygen atoms in total. The first kappa shape index (κ1) is 17.1. The van der Waals surface area contributed by atoms with E-state index in [1.165, 1.54) is 0 Å². The summed E-state index contributed by atoms with van der Waals surface area (Å²) >= 11 is 0. The highest BCUT2D eigenvalue weighted by molar-refractivity contribution is 7.89.